The van der Waals surface area contributed by atoms with Gasteiger partial charge in [-0.05, 0) is 72.4 Å². The fourth-order valence-electron chi connectivity index (χ4n) is 4.38. The predicted octanol–water partition coefficient (Wildman–Crippen LogP) is 5.46. The molecule has 3 N–H and O–H groups in total. The normalized spacial score (nSPS) is 14.5. The minimum absolute atomic E-state index is 0.0333. The molecule has 0 aliphatic heterocycles. The standard InChI is InChI=1S/C30H39N2O9PS/c1-22(2)19-32(43(37,38)28-16-14-25(39-4)15-17-28)20-23(3)29(31-30(33)34)18-24-10-12-26(13-11-24)40-21-42(35,36)41-27-8-6-5-7-9-27/h5-17,22-23,29,31H,18-21H2,1-4H3,(H,33,34)(H,35,36)/t23-,29+/m1/s1. The highest BCUT2D eigenvalue weighted by atomic mass is 32.2. The lowest BCUT2D eigenvalue weighted by molar-refractivity contribution is 0.181. The van der Waals surface area contributed by atoms with Crippen molar-refractivity contribution in [1.29, 1.82) is 0 Å². The van der Waals surface area contributed by atoms with E-state index in [4.69, 9.17) is 14.0 Å². The summed E-state index contributed by atoms with van der Waals surface area (Å²) < 4.78 is 56.7. The van der Waals surface area contributed by atoms with Crippen LogP contribution in [-0.4, -0.2) is 61.4 Å². The van der Waals surface area contributed by atoms with Crippen molar-refractivity contribution >= 4 is 23.7 Å². The molecule has 0 fully saturated rings. The van der Waals surface area contributed by atoms with Gasteiger partial charge in [-0.3, -0.25) is 0 Å². The molecule has 43 heavy (non-hydrogen) atoms. The highest BCUT2D eigenvalue weighted by molar-refractivity contribution is 7.89. The maximum Gasteiger partial charge on any atom is 0.413 e. The number of hydrogen-bond donors (Lipinski definition) is 3. The van der Waals surface area contributed by atoms with Gasteiger partial charge in [-0.1, -0.05) is 51.1 Å². The number of benzene rings is 3. The Morgan fingerprint density at radius 2 is 1.51 bits per heavy atom. The van der Waals surface area contributed by atoms with Gasteiger partial charge >= 0.3 is 13.7 Å². The van der Waals surface area contributed by atoms with Gasteiger partial charge in [0.1, 0.15) is 17.2 Å². The van der Waals surface area contributed by atoms with Crippen LogP contribution < -0.4 is 19.3 Å². The number of nitrogens with one attached hydrogen (secondary N) is 1. The zero-order valence-electron chi connectivity index (χ0n) is 24.6. The number of methoxy groups -OCH3 is 1. The second-order valence-electron chi connectivity index (χ2n) is 10.6. The Bertz CT molecular complexity index is 1470. The third-order valence-electron chi connectivity index (χ3n) is 6.52. The van der Waals surface area contributed by atoms with E-state index in [1.54, 1.807) is 73.7 Å². The second kappa shape index (κ2) is 15.2. The molecule has 0 bridgehead atoms. The zero-order chi connectivity index (χ0) is 31.6. The molecule has 0 aliphatic carbocycles. The Labute approximate surface area is 253 Å². The van der Waals surface area contributed by atoms with E-state index >= 15 is 0 Å². The maximum atomic E-state index is 13.6. The Kier molecular flexibility index (Phi) is 12.0. The molecule has 0 spiro atoms. The number of nitrogens with zero attached hydrogens (tertiary/aromatic N) is 1. The molecule has 0 saturated carbocycles. The van der Waals surface area contributed by atoms with Crippen LogP contribution in [0.25, 0.3) is 0 Å². The summed E-state index contributed by atoms with van der Waals surface area (Å²) in [5, 5.41) is 12.1. The molecule has 3 aromatic carbocycles. The number of ether oxygens (including phenoxy) is 2. The number of rotatable bonds is 16. The van der Waals surface area contributed by atoms with Gasteiger partial charge in [0.2, 0.25) is 10.0 Å². The van der Waals surface area contributed by atoms with Crippen molar-refractivity contribution in [2.24, 2.45) is 11.8 Å². The van der Waals surface area contributed by atoms with Gasteiger partial charge in [0.15, 0.2) is 6.35 Å². The molecule has 0 aliphatic rings. The van der Waals surface area contributed by atoms with Crippen molar-refractivity contribution in [1.82, 2.24) is 9.62 Å². The van der Waals surface area contributed by atoms with Crippen LogP contribution in [0, 0.1) is 11.8 Å². The summed E-state index contributed by atoms with van der Waals surface area (Å²) in [6, 6.07) is 20.5. The minimum atomic E-state index is -4.07. The van der Waals surface area contributed by atoms with E-state index in [0.717, 1.165) is 5.56 Å². The van der Waals surface area contributed by atoms with E-state index in [2.05, 4.69) is 5.32 Å². The smallest absolute Gasteiger partial charge is 0.413 e. The molecular formula is C30H39N2O9PS. The molecule has 3 rings (SSSR count). The van der Waals surface area contributed by atoms with Gasteiger partial charge in [0, 0.05) is 19.1 Å². The van der Waals surface area contributed by atoms with Crippen molar-refractivity contribution in [2.75, 3.05) is 26.5 Å². The molecule has 13 heteroatoms. The number of amides is 1. The number of sulfonamides is 1. The lowest BCUT2D eigenvalue weighted by Crippen LogP contribution is -2.46. The lowest BCUT2D eigenvalue weighted by Gasteiger charge is -2.31. The summed E-state index contributed by atoms with van der Waals surface area (Å²) >= 11 is 0. The highest BCUT2D eigenvalue weighted by Gasteiger charge is 2.30. The van der Waals surface area contributed by atoms with Gasteiger partial charge in [0.05, 0.1) is 12.0 Å². The van der Waals surface area contributed by atoms with E-state index in [1.165, 1.54) is 23.5 Å². The highest BCUT2D eigenvalue weighted by Crippen LogP contribution is 2.42. The van der Waals surface area contributed by atoms with Gasteiger partial charge in [-0.25, -0.2) is 17.8 Å². The Balaban J connectivity index is 1.70. The van der Waals surface area contributed by atoms with Crippen molar-refractivity contribution in [3.63, 3.8) is 0 Å². The molecule has 0 aromatic heterocycles. The van der Waals surface area contributed by atoms with Gasteiger partial charge in [-0.15, -0.1) is 0 Å². The summed E-state index contributed by atoms with van der Waals surface area (Å²) in [6.07, 6.45) is -1.50. The minimum Gasteiger partial charge on any atom is -0.497 e. The molecule has 1 amide bonds. The molecule has 0 radical (unpaired) electrons. The van der Waals surface area contributed by atoms with Gasteiger partial charge in [-0.2, -0.15) is 4.31 Å². The van der Waals surface area contributed by atoms with E-state index < -0.39 is 42.0 Å². The summed E-state index contributed by atoms with van der Waals surface area (Å²) in [7, 11) is -6.43. The average molecular weight is 635 g/mol. The van der Waals surface area contributed by atoms with Crippen LogP contribution in [0.2, 0.25) is 0 Å². The van der Waals surface area contributed by atoms with Crippen molar-refractivity contribution in [3.8, 4) is 17.2 Å². The summed E-state index contributed by atoms with van der Waals surface area (Å²) in [5.41, 5.74) is 0.763. The van der Waals surface area contributed by atoms with E-state index in [1.807, 2.05) is 13.8 Å². The van der Waals surface area contributed by atoms with Gasteiger partial charge < -0.3 is 29.3 Å². The van der Waals surface area contributed by atoms with Crippen LogP contribution in [0.5, 0.6) is 17.2 Å². The van der Waals surface area contributed by atoms with E-state index in [9.17, 15) is 27.8 Å². The first kappa shape index (κ1) is 33.9. The summed E-state index contributed by atoms with van der Waals surface area (Å²) in [4.78, 5) is 21.9. The summed E-state index contributed by atoms with van der Waals surface area (Å²) in [5.74, 6) is 0.761. The number of carboxylic acid groups (broad SMARTS) is 1. The van der Waals surface area contributed by atoms with Crippen molar-refractivity contribution < 1.29 is 41.8 Å². The first-order valence-electron chi connectivity index (χ1n) is 13.7. The van der Waals surface area contributed by atoms with Crippen molar-refractivity contribution in [2.45, 2.75) is 38.1 Å². The number of carbonyl (C=O) groups is 1. The Morgan fingerprint density at radius 3 is 2.07 bits per heavy atom. The monoisotopic (exact) mass is 634 g/mol. The van der Waals surface area contributed by atoms with Crippen LogP contribution in [0.4, 0.5) is 4.79 Å². The quantitative estimate of drug-likeness (QED) is 0.175. The fraction of sp³-hybridized carbons (Fsp3) is 0.367. The molecule has 234 valence electrons. The number of hydrogen-bond acceptors (Lipinski definition) is 7. The molecule has 3 aromatic rings. The molecule has 1 unspecified atom stereocenters. The predicted molar refractivity (Wildman–Crippen MR) is 163 cm³/mol. The SMILES string of the molecule is COc1ccc(S(=O)(=O)N(CC(C)C)C[C@@H](C)[C@H](Cc2ccc(OCP(=O)(O)Oc3ccccc3)cc2)NC(=O)O)cc1. The van der Waals surface area contributed by atoms with Crippen LogP contribution in [0.1, 0.15) is 26.3 Å². The van der Waals surface area contributed by atoms with Crippen molar-refractivity contribution in [3.05, 3.63) is 84.4 Å². The average Bonchev–Trinajstić information content (AvgIpc) is 2.96. The second-order valence-corrected chi connectivity index (χ2v) is 14.2. The van der Waals surface area contributed by atoms with Crippen LogP contribution >= 0.6 is 7.60 Å². The molecule has 0 heterocycles. The fourth-order valence-corrected chi connectivity index (χ4v) is 6.90. The topological polar surface area (TPSA) is 152 Å². The molecule has 11 nitrogen and oxygen atoms in total. The Morgan fingerprint density at radius 1 is 0.907 bits per heavy atom. The van der Waals surface area contributed by atoms with E-state index in [-0.39, 0.29) is 36.1 Å². The summed E-state index contributed by atoms with van der Waals surface area (Å²) in [6.45, 7) is 5.99. The maximum absolute atomic E-state index is 13.6. The van der Waals surface area contributed by atoms with Crippen LogP contribution in [-0.2, 0) is 21.0 Å². The van der Waals surface area contributed by atoms with Crippen LogP contribution in [0.3, 0.4) is 0 Å². The molecule has 0 saturated heterocycles. The first-order chi connectivity index (χ1) is 20.3. The first-order valence-corrected chi connectivity index (χ1v) is 16.9. The zero-order valence-corrected chi connectivity index (χ0v) is 26.3. The van der Waals surface area contributed by atoms with Crippen LogP contribution in [0.15, 0.2) is 83.8 Å². The molecule has 3 atom stereocenters. The Hall–Kier alpha value is -3.57. The number of para-hydroxylation sites is 1. The van der Waals surface area contributed by atoms with Gasteiger partial charge in [0.25, 0.3) is 0 Å². The molecular weight excluding hydrogens is 595 g/mol. The third-order valence-corrected chi connectivity index (χ3v) is 9.32. The van der Waals surface area contributed by atoms with E-state index in [0.29, 0.717) is 11.5 Å². The largest absolute Gasteiger partial charge is 0.497 e. The lowest BCUT2D eigenvalue weighted by atomic mass is 9.94. The third kappa shape index (κ3) is 10.6.